The van der Waals surface area contributed by atoms with E-state index in [2.05, 4.69) is 0 Å². The molecule has 0 saturated carbocycles. The molecule has 1 N–H and O–H groups in total. The lowest BCUT2D eigenvalue weighted by atomic mass is 10.0. The molecule has 21 heavy (non-hydrogen) atoms. The molecule has 0 aromatic heterocycles. The predicted octanol–water partition coefficient (Wildman–Crippen LogP) is 2.74. The summed E-state index contributed by atoms with van der Waals surface area (Å²) in [6.45, 7) is 3.76. The fraction of sp³-hybridized carbons (Fsp3) is 0.462. The molecule has 5 nitrogen and oxygen atoms in total. The van der Waals surface area contributed by atoms with Gasteiger partial charge >= 0.3 is 5.97 Å². The molecule has 0 amide bonds. The summed E-state index contributed by atoms with van der Waals surface area (Å²) < 4.78 is 40.7. The van der Waals surface area contributed by atoms with Crippen LogP contribution in [0.4, 0.5) is 4.39 Å². The van der Waals surface area contributed by atoms with Crippen LogP contribution < -0.4 is 0 Å². The molecule has 116 valence electrons. The van der Waals surface area contributed by atoms with E-state index >= 15 is 0 Å². The molecular formula is C13H15ClFNO4S. The van der Waals surface area contributed by atoms with E-state index in [0.717, 1.165) is 12.1 Å². The Kier molecular flexibility index (Phi) is 4.03. The van der Waals surface area contributed by atoms with E-state index in [4.69, 9.17) is 16.7 Å². The highest BCUT2D eigenvalue weighted by atomic mass is 35.5. The normalized spacial score (nSPS) is 18.9. The summed E-state index contributed by atoms with van der Waals surface area (Å²) in [5.74, 6) is -2.85. The summed E-state index contributed by atoms with van der Waals surface area (Å²) in [6.07, 6.45) is 1.32. The second kappa shape index (κ2) is 5.23. The molecule has 2 rings (SSSR count). The highest BCUT2D eigenvalue weighted by molar-refractivity contribution is 7.89. The van der Waals surface area contributed by atoms with Gasteiger partial charge in [0.2, 0.25) is 10.0 Å². The van der Waals surface area contributed by atoms with Crippen LogP contribution in [-0.2, 0) is 10.0 Å². The molecule has 8 heteroatoms. The number of rotatable bonds is 3. The van der Waals surface area contributed by atoms with Gasteiger partial charge in [-0.1, -0.05) is 11.6 Å². The van der Waals surface area contributed by atoms with E-state index in [1.54, 1.807) is 13.8 Å². The van der Waals surface area contributed by atoms with Crippen molar-refractivity contribution in [1.29, 1.82) is 0 Å². The van der Waals surface area contributed by atoms with E-state index in [0.29, 0.717) is 12.8 Å². The summed E-state index contributed by atoms with van der Waals surface area (Å²) in [5, 5.41) is 8.81. The second-order valence-electron chi connectivity index (χ2n) is 5.56. The van der Waals surface area contributed by atoms with Crippen molar-refractivity contribution in [2.45, 2.75) is 37.1 Å². The number of nitrogens with zero attached hydrogens (tertiary/aromatic N) is 1. The van der Waals surface area contributed by atoms with Gasteiger partial charge in [-0.05, 0) is 38.8 Å². The summed E-state index contributed by atoms with van der Waals surface area (Å²) >= 11 is 5.74. The quantitative estimate of drug-likeness (QED) is 0.921. The van der Waals surface area contributed by atoms with Gasteiger partial charge in [0.05, 0.1) is 5.56 Å². The van der Waals surface area contributed by atoms with Crippen LogP contribution in [0.5, 0.6) is 0 Å². The first-order valence-electron chi connectivity index (χ1n) is 6.32. The molecule has 0 bridgehead atoms. The number of hydrogen-bond donors (Lipinski definition) is 1. The van der Waals surface area contributed by atoms with Gasteiger partial charge in [0.15, 0.2) is 5.82 Å². The van der Waals surface area contributed by atoms with Gasteiger partial charge in [-0.25, -0.2) is 17.6 Å². The molecule has 1 fully saturated rings. The van der Waals surface area contributed by atoms with Crippen molar-refractivity contribution >= 4 is 27.6 Å². The van der Waals surface area contributed by atoms with Crippen LogP contribution >= 0.6 is 11.6 Å². The zero-order chi connectivity index (χ0) is 16.0. The Bertz CT molecular complexity index is 702. The summed E-state index contributed by atoms with van der Waals surface area (Å²) in [4.78, 5) is 10.3. The molecule has 1 saturated heterocycles. The van der Waals surface area contributed by atoms with Crippen molar-refractivity contribution in [3.05, 3.63) is 28.5 Å². The Morgan fingerprint density at radius 1 is 1.43 bits per heavy atom. The largest absolute Gasteiger partial charge is 0.478 e. The number of sulfonamides is 1. The van der Waals surface area contributed by atoms with Crippen molar-refractivity contribution in [3.63, 3.8) is 0 Å². The number of aromatic carboxylic acids is 1. The molecule has 1 aliphatic heterocycles. The first kappa shape index (κ1) is 16.2. The minimum absolute atomic E-state index is 0.135. The predicted molar refractivity (Wildman–Crippen MR) is 75.6 cm³/mol. The van der Waals surface area contributed by atoms with Crippen LogP contribution in [0.15, 0.2) is 17.0 Å². The highest BCUT2D eigenvalue weighted by Crippen LogP contribution is 2.36. The zero-order valence-electron chi connectivity index (χ0n) is 11.6. The monoisotopic (exact) mass is 335 g/mol. The van der Waals surface area contributed by atoms with Crippen molar-refractivity contribution in [1.82, 2.24) is 4.31 Å². The minimum atomic E-state index is -4.14. The number of carboxylic acid groups (broad SMARTS) is 1. The summed E-state index contributed by atoms with van der Waals surface area (Å²) in [5.41, 5.74) is -1.39. The Labute approximate surface area is 127 Å². The van der Waals surface area contributed by atoms with Crippen LogP contribution in [0.3, 0.4) is 0 Å². The standard InChI is InChI=1S/C13H15ClFNO4S/c1-13(2)4-3-5-16(13)21(19,20)10-7-8(14)6-9(11(10)15)12(17)18/h6-7H,3-5H2,1-2H3,(H,17,18). The lowest BCUT2D eigenvalue weighted by Crippen LogP contribution is -2.42. The SMILES string of the molecule is CC1(C)CCCN1S(=O)(=O)c1cc(Cl)cc(C(=O)O)c1F. The summed E-state index contributed by atoms with van der Waals surface area (Å²) in [6, 6.07) is 1.85. The molecular weight excluding hydrogens is 321 g/mol. The van der Waals surface area contributed by atoms with Crippen LogP contribution in [0.25, 0.3) is 0 Å². The van der Waals surface area contributed by atoms with Gasteiger partial charge in [-0.15, -0.1) is 0 Å². The van der Waals surface area contributed by atoms with Crippen molar-refractivity contribution in [2.75, 3.05) is 6.54 Å². The average molecular weight is 336 g/mol. The van der Waals surface area contributed by atoms with Crippen molar-refractivity contribution in [3.8, 4) is 0 Å². The fourth-order valence-electron chi connectivity index (χ4n) is 2.55. The third-order valence-corrected chi connectivity index (χ3v) is 5.96. The smallest absolute Gasteiger partial charge is 0.338 e. The Balaban J connectivity index is 2.63. The molecule has 1 aliphatic rings. The number of halogens is 2. The maximum absolute atomic E-state index is 14.3. The number of carbonyl (C=O) groups is 1. The molecule has 0 radical (unpaired) electrons. The molecule has 1 aromatic rings. The fourth-order valence-corrected chi connectivity index (χ4v) is 4.80. The first-order valence-corrected chi connectivity index (χ1v) is 8.14. The van der Waals surface area contributed by atoms with Gasteiger partial charge in [-0.2, -0.15) is 4.31 Å². The Hall–Kier alpha value is -1.18. The minimum Gasteiger partial charge on any atom is -0.478 e. The second-order valence-corrected chi connectivity index (χ2v) is 7.83. The number of carboxylic acids is 1. The van der Waals surface area contributed by atoms with Gasteiger partial charge in [0.1, 0.15) is 4.90 Å². The van der Waals surface area contributed by atoms with Crippen LogP contribution in [0, 0.1) is 5.82 Å². The maximum Gasteiger partial charge on any atom is 0.338 e. The number of hydrogen-bond acceptors (Lipinski definition) is 3. The molecule has 1 heterocycles. The van der Waals surface area contributed by atoms with E-state index in [1.165, 1.54) is 4.31 Å². The topological polar surface area (TPSA) is 74.7 Å². The van der Waals surface area contributed by atoms with E-state index in [9.17, 15) is 17.6 Å². The molecule has 0 spiro atoms. The maximum atomic E-state index is 14.3. The molecule has 0 atom stereocenters. The third kappa shape index (κ3) is 2.77. The molecule has 0 unspecified atom stereocenters. The van der Waals surface area contributed by atoms with E-state index < -0.39 is 37.8 Å². The van der Waals surface area contributed by atoms with Crippen molar-refractivity contribution in [2.24, 2.45) is 0 Å². The van der Waals surface area contributed by atoms with Gasteiger partial charge in [0.25, 0.3) is 0 Å². The lowest BCUT2D eigenvalue weighted by molar-refractivity contribution is 0.0691. The Morgan fingerprint density at radius 3 is 2.52 bits per heavy atom. The van der Waals surface area contributed by atoms with Crippen LogP contribution in [0.1, 0.15) is 37.0 Å². The van der Waals surface area contributed by atoms with Gasteiger partial charge < -0.3 is 5.11 Å². The van der Waals surface area contributed by atoms with Gasteiger partial charge in [0, 0.05) is 17.1 Å². The zero-order valence-corrected chi connectivity index (χ0v) is 13.1. The van der Waals surface area contributed by atoms with Crippen molar-refractivity contribution < 1.29 is 22.7 Å². The first-order chi connectivity index (χ1) is 9.57. The lowest BCUT2D eigenvalue weighted by Gasteiger charge is -2.30. The highest BCUT2D eigenvalue weighted by Gasteiger charge is 2.42. The molecule has 0 aliphatic carbocycles. The average Bonchev–Trinajstić information content (AvgIpc) is 2.71. The van der Waals surface area contributed by atoms with Crippen LogP contribution in [-0.4, -0.2) is 35.9 Å². The van der Waals surface area contributed by atoms with E-state index in [1.807, 2.05) is 0 Å². The third-order valence-electron chi connectivity index (χ3n) is 3.63. The van der Waals surface area contributed by atoms with Crippen LogP contribution in [0.2, 0.25) is 5.02 Å². The summed E-state index contributed by atoms with van der Waals surface area (Å²) in [7, 11) is -4.14. The Morgan fingerprint density at radius 2 is 2.05 bits per heavy atom. The van der Waals surface area contributed by atoms with Gasteiger partial charge in [-0.3, -0.25) is 0 Å². The molecule has 1 aromatic carbocycles. The van der Waals surface area contributed by atoms with E-state index in [-0.39, 0.29) is 11.6 Å². The number of benzene rings is 1.